The molecule has 0 unspecified atom stereocenters. The minimum Gasteiger partial charge on any atom is -0.462 e. The van der Waals surface area contributed by atoms with Crippen molar-refractivity contribution in [3.63, 3.8) is 0 Å². The van der Waals surface area contributed by atoms with E-state index in [0.29, 0.717) is 10.6 Å². The number of anilines is 1. The van der Waals surface area contributed by atoms with Gasteiger partial charge in [-0.3, -0.25) is 4.79 Å². The van der Waals surface area contributed by atoms with Gasteiger partial charge in [0.25, 0.3) is 5.91 Å². The van der Waals surface area contributed by atoms with Gasteiger partial charge >= 0.3 is 5.97 Å². The third-order valence-corrected chi connectivity index (χ3v) is 4.37. The van der Waals surface area contributed by atoms with E-state index in [1.165, 1.54) is 23.7 Å². The van der Waals surface area contributed by atoms with E-state index in [2.05, 4.69) is 5.32 Å². The molecule has 0 radical (unpaired) electrons. The van der Waals surface area contributed by atoms with Crippen LogP contribution in [0.2, 0.25) is 5.22 Å². The van der Waals surface area contributed by atoms with Crippen LogP contribution < -0.4 is 5.32 Å². The number of furan rings is 1. The van der Waals surface area contributed by atoms with Crippen LogP contribution in [0.15, 0.2) is 16.7 Å². The fraction of sp³-hybridized carbons (Fsp3) is 0.286. The van der Waals surface area contributed by atoms with E-state index in [-0.39, 0.29) is 17.4 Å². The van der Waals surface area contributed by atoms with Crippen molar-refractivity contribution >= 4 is 39.8 Å². The summed E-state index contributed by atoms with van der Waals surface area (Å²) in [4.78, 5) is 25.1. The Hall–Kier alpha value is -1.79. The molecule has 21 heavy (non-hydrogen) atoms. The molecule has 112 valence electrons. The lowest BCUT2D eigenvalue weighted by Gasteiger charge is -2.06. The average molecular weight is 328 g/mol. The van der Waals surface area contributed by atoms with Crippen LogP contribution in [0.1, 0.15) is 38.1 Å². The molecule has 0 spiro atoms. The maximum absolute atomic E-state index is 12.1. The Balaban J connectivity index is 2.32. The number of esters is 1. The van der Waals surface area contributed by atoms with E-state index in [0.717, 1.165) is 10.4 Å². The molecule has 0 aliphatic heterocycles. The third kappa shape index (κ3) is 3.11. The molecule has 1 amide bonds. The molecule has 1 N–H and O–H groups in total. The number of aryl methyl sites for hydroxylation is 1. The first kappa shape index (κ1) is 15.6. The van der Waals surface area contributed by atoms with E-state index in [4.69, 9.17) is 20.8 Å². The molecule has 2 rings (SSSR count). The first-order valence-electron chi connectivity index (χ1n) is 6.27. The summed E-state index contributed by atoms with van der Waals surface area (Å²) in [6, 6.07) is 1.47. The Labute approximate surface area is 130 Å². The molecule has 0 aromatic carbocycles. The van der Waals surface area contributed by atoms with E-state index in [1.807, 2.05) is 13.8 Å². The monoisotopic (exact) mass is 327 g/mol. The lowest BCUT2D eigenvalue weighted by atomic mass is 10.1. The molecule has 2 heterocycles. The Bertz CT molecular complexity index is 689. The molecule has 5 nitrogen and oxygen atoms in total. The van der Waals surface area contributed by atoms with Crippen LogP contribution in [0, 0.1) is 13.8 Å². The Kier molecular flexibility index (Phi) is 4.69. The predicted octanol–water partition coefficient (Wildman–Crippen LogP) is 4.04. The minimum absolute atomic E-state index is 0.00943. The second kappa shape index (κ2) is 6.32. The molecule has 0 fully saturated rings. The van der Waals surface area contributed by atoms with E-state index in [1.54, 1.807) is 6.92 Å². The van der Waals surface area contributed by atoms with Crippen molar-refractivity contribution in [3.8, 4) is 0 Å². The third-order valence-electron chi connectivity index (χ3n) is 2.95. The first-order valence-corrected chi connectivity index (χ1v) is 7.46. The van der Waals surface area contributed by atoms with Crippen LogP contribution in [0.5, 0.6) is 0 Å². The van der Waals surface area contributed by atoms with Crippen molar-refractivity contribution in [1.82, 2.24) is 0 Å². The summed E-state index contributed by atoms with van der Waals surface area (Å²) in [5.74, 6) is -0.881. The molecule has 0 aliphatic rings. The fourth-order valence-electron chi connectivity index (χ4n) is 1.79. The zero-order valence-corrected chi connectivity index (χ0v) is 13.4. The van der Waals surface area contributed by atoms with Crippen LogP contribution in [0.4, 0.5) is 5.00 Å². The van der Waals surface area contributed by atoms with Gasteiger partial charge in [0.15, 0.2) is 0 Å². The molecule has 0 saturated carbocycles. The normalized spacial score (nSPS) is 10.5. The van der Waals surface area contributed by atoms with Gasteiger partial charge in [-0.25, -0.2) is 4.79 Å². The highest BCUT2D eigenvalue weighted by molar-refractivity contribution is 7.16. The number of carbonyl (C=O) groups is 2. The smallest absolute Gasteiger partial charge is 0.341 e. The number of rotatable bonds is 4. The summed E-state index contributed by atoms with van der Waals surface area (Å²) >= 11 is 7.09. The second-order valence-electron chi connectivity index (χ2n) is 4.27. The van der Waals surface area contributed by atoms with Gasteiger partial charge in [0, 0.05) is 4.88 Å². The highest BCUT2D eigenvalue weighted by Gasteiger charge is 2.23. The second-order valence-corrected chi connectivity index (χ2v) is 5.84. The van der Waals surface area contributed by atoms with Crippen LogP contribution in [-0.4, -0.2) is 18.5 Å². The molecule has 0 saturated heterocycles. The van der Waals surface area contributed by atoms with Gasteiger partial charge in [-0.2, -0.15) is 0 Å². The van der Waals surface area contributed by atoms with E-state index >= 15 is 0 Å². The van der Waals surface area contributed by atoms with Crippen LogP contribution >= 0.6 is 22.9 Å². The van der Waals surface area contributed by atoms with Crippen LogP contribution in [-0.2, 0) is 4.74 Å². The minimum atomic E-state index is -0.451. The summed E-state index contributed by atoms with van der Waals surface area (Å²) in [6.45, 7) is 5.70. The van der Waals surface area contributed by atoms with Crippen molar-refractivity contribution in [1.29, 1.82) is 0 Å². The quantitative estimate of drug-likeness (QED) is 0.860. The highest BCUT2D eigenvalue weighted by Crippen LogP contribution is 2.33. The van der Waals surface area contributed by atoms with Gasteiger partial charge in [0.2, 0.25) is 5.22 Å². The summed E-state index contributed by atoms with van der Waals surface area (Å²) in [6.07, 6.45) is 1.33. The summed E-state index contributed by atoms with van der Waals surface area (Å²) in [5.41, 5.74) is 1.40. The molecule has 0 atom stereocenters. The summed E-state index contributed by atoms with van der Waals surface area (Å²) in [7, 11) is 0. The van der Waals surface area contributed by atoms with Gasteiger partial charge in [-0.15, -0.1) is 11.3 Å². The highest BCUT2D eigenvalue weighted by atomic mass is 35.5. The number of thiophene rings is 1. The van der Waals surface area contributed by atoms with Gasteiger partial charge in [0.1, 0.15) is 5.00 Å². The number of hydrogen-bond donors (Lipinski definition) is 1. The van der Waals surface area contributed by atoms with Gasteiger partial charge in [-0.1, -0.05) is 0 Å². The lowest BCUT2D eigenvalue weighted by molar-refractivity contribution is 0.0527. The first-order chi connectivity index (χ1) is 9.95. The van der Waals surface area contributed by atoms with Gasteiger partial charge < -0.3 is 14.5 Å². The molecule has 7 heteroatoms. The Morgan fingerprint density at radius 2 is 2.14 bits per heavy atom. The zero-order valence-electron chi connectivity index (χ0n) is 11.8. The number of ether oxygens (including phenoxy) is 1. The van der Waals surface area contributed by atoms with E-state index < -0.39 is 11.9 Å². The zero-order chi connectivity index (χ0) is 15.6. The maximum atomic E-state index is 12.1. The molecule has 0 bridgehead atoms. The van der Waals surface area contributed by atoms with Gasteiger partial charge in [-0.05, 0) is 44.0 Å². The van der Waals surface area contributed by atoms with Crippen molar-refractivity contribution in [2.45, 2.75) is 20.8 Å². The van der Waals surface area contributed by atoms with E-state index in [9.17, 15) is 9.59 Å². The molecule has 2 aromatic heterocycles. The van der Waals surface area contributed by atoms with Crippen molar-refractivity contribution < 1.29 is 18.7 Å². The van der Waals surface area contributed by atoms with Crippen molar-refractivity contribution in [3.05, 3.63) is 39.1 Å². The number of nitrogens with one attached hydrogen (secondary N) is 1. The molecular formula is C14H14ClNO4S. The Morgan fingerprint density at radius 1 is 1.43 bits per heavy atom. The number of carbonyl (C=O) groups excluding carboxylic acids is 2. The molecule has 2 aromatic rings. The average Bonchev–Trinajstić information content (AvgIpc) is 2.95. The summed E-state index contributed by atoms with van der Waals surface area (Å²) in [5, 5.41) is 3.15. The number of halogens is 1. The van der Waals surface area contributed by atoms with Crippen LogP contribution in [0.3, 0.4) is 0 Å². The number of hydrogen-bond acceptors (Lipinski definition) is 5. The summed E-state index contributed by atoms with van der Waals surface area (Å²) < 4.78 is 9.92. The predicted molar refractivity (Wildman–Crippen MR) is 81.4 cm³/mol. The van der Waals surface area contributed by atoms with Crippen LogP contribution in [0.25, 0.3) is 0 Å². The van der Waals surface area contributed by atoms with Crippen molar-refractivity contribution in [2.75, 3.05) is 11.9 Å². The van der Waals surface area contributed by atoms with Gasteiger partial charge in [0.05, 0.1) is 24.0 Å². The largest absolute Gasteiger partial charge is 0.462 e. The maximum Gasteiger partial charge on any atom is 0.341 e. The molecule has 0 aliphatic carbocycles. The topological polar surface area (TPSA) is 68.5 Å². The standard InChI is InChI=1S/C14H14ClNO4S/c1-4-19-14(18)10-7(2)8(3)21-13(10)16-12(17)9-5-6-20-11(9)15/h5-6H,4H2,1-3H3,(H,16,17). The van der Waals surface area contributed by atoms with Crippen molar-refractivity contribution in [2.24, 2.45) is 0 Å². The Morgan fingerprint density at radius 3 is 2.71 bits per heavy atom. The number of amides is 1. The molecular weight excluding hydrogens is 314 g/mol. The lowest BCUT2D eigenvalue weighted by Crippen LogP contribution is -2.14. The fourth-order valence-corrected chi connectivity index (χ4v) is 3.03. The SMILES string of the molecule is CCOC(=O)c1c(NC(=O)c2ccoc2Cl)sc(C)c1C.